The second-order valence-electron chi connectivity index (χ2n) is 18.9. The van der Waals surface area contributed by atoms with Gasteiger partial charge in [0.25, 0.3) is 0 Å². The Labute approximate surface area is 450 Å². The average Bonchev–Trinajstić information content (AvgIpc) is 1.14. The van der Waals surface area contributed by atoms with E-state index >= 15 is 0 Å². The van der Waals surface area contributed by atoms with Crippen molar-refractivity contribution in [3.63, 3.8) is 0 Å². The molecule has 1 aliphatic rings. The molecule has 3 rings (SSSR count). The molecule has 0 fully saturated rings. The normalized spacial score (nSPS) is 17.3. The lowest BCUT2D eigenvalue weighted by atomic mass is 9.80. The van der Waals surface area contributed by atoms with Crippen molar-refractivity contribution < 1.29 is 159 Å². The predicted molar refractivity (Wildman–Crippen MR) is 224 cm³/mol. The number of hydrogen-bond acceptors (Lipinski definition) is 2. The summed E-state index contributed by atoms with van der Waals surface area (Å²) in [6.45, 7) is 1.16. The lowest BCUT2D eigenvalue weighted by molar-refractivity contribution is -0.461. The third-order valence-electron chi connectivity index (χ3n) is 13.0. The van der Waals surface area contributed by atoms with Gasteiger partial charge in [-0.1, -0.05) is 68.8 Å². The average molecular weight is 1290 g/mol. The molecular formula is C48H40F34O2. The second kappa shape index (κ2) is 23.9. The molecule has 0 spiro atoms. The Bertz CT molecular complexity index is 2610. The van der Waals surface area contributed by atoms with Gasteiger partial charge < -0.3 is 9.47 Å². The molecule has 0 aliphatic heterocycles. The zero-order chi connectivity index (χ0) is 65.6. The third-order valence-corrected chi connectivity index (χ3v) is 13.0. The minimum atomic E-state index is -8.81. The number of ether oxygens (including phenoxy) is 2. The number of hydrogen-bond donors (Lipinski definition) is 0. The van der Waals surface area contributed by atoms with Crippen LogP contribution in [0.4, 0.5) is 149 Å². The fourth-order valence-electron chi connectivity index (χ4n) is 7.68. The van der Waals surface area contributed by atoms with Crippen LogP contribution < -0.4 is 4.74 Å². The summed E-state index contributed by atoms with van der Waals surface area (Å²) >= 11 is 0. The van der Waals surface area contributed by atoms with Gasteiger partial charge in [0.2, 0.25) is 0 Å². The van der Waals surface area contributed by atoms with Crippen LogP contribution in [-0.2, 0) is 4.74 Å². The van der Waals surface area contributed by atoms with Gasteiger partial charge in [-0.3, -0.25) is 0 Å². The van der Waals surface area contributed by atoms with Crippen molar-refractivity contribution >= 4 is 5.57 Å². The van der Waals surface area contributed by atoms with E-state index in [1.165, 1.54) is 18.2 Å². The Morgan fingerprint density at radius 2 is 0.786 bits per heavy atom. The number of allylic oxidation sites excluding steroid dienone is 5. The van der Waals surface area contributed by atoms with E-state index in [2.05, 4.69) is 0 Å². The maximum atomic E-state index is 14.5. The Hall–Kier alpha value is -5.12. The number of alkyl halides is 34. The molecule has 0 saturated heterocycles. The van der Waals surface area contributed by atoms with Gasteiger partial charge in [0.1, 0.15) is 11.5 Å². The molecule has 2 atom stereocenters. The van der Waals surface area contributed by atoms with Gasteiger partial charge in [-0.2, -0.15) is 149 Å². The highest BCUT2D eigenvalue weighted by Gasteiger charge is 2.97. The minimum Gasteiger partial charge on any atom is -0.494 e. The van der Waals surface area contributed by atoms with Gasteiger partial charge in [-0.15, -0.1) is 0 Å². The van der Waals surface area contributed by atoms with E-state index in [0.717, 1.165) is 29.8 Å². The minimum absolute atomic E-state index is 0.0214. The molecule has 2 nitrogen and oxygen atoms in total. The van der Waals surface area contributed by atoms with Gasteiger partial charge in [0.05, 0.1) is 13.2 Å². The highest BCUT2D eigenvalue weighted by molar-refractivity contribution is 5.73. The molecular weight excluding hydrogens is 1250 g/mol. The van der Waals surface area contributed by atoms with Gasteiger partial charge in [-0.05, 0) is 90.5 Å². The van der Waals surface area contributed by atoms with Crippen LogP contribution in [0.3, 0.4) is 0 Å². The fourth-order valence-corrected chi connectivity index (χ4v) is 7.68. The number of rotatable bonds is 29. The van der Waals surface area contributed by atoms with Crippen LogP contribution in [0.25, 0.3) is 5.57 Å². The van der Waals surface area contributed by atoms with E-state index in [-0.39, 0.29) is 36.0 Å². The quantitative estimate of drug-likeness (QED) is 0.0597. The standard InChI is InChI=1S/C48H40F34O2/c1-3-25(2)23-29(26-9-5-4-6-10-26)24-32(27-11-15-30(16-12-27)83-21-7-19-33(49,50)35(53,54)37(57,58)39(61,62)41(65,66)43(69,70)45(73,74)47(77,78)79)28-13-17-31(18-14-28)84-22-8-20-34(51,52)36(55,56)38(59,60)40(63,64)42(67,68)44(71,72)46(75,76)48(80,81)82/h4-6,9-13,15-18,25,29H,3,7-8,14,19-24H2,1-2H3. The van der Waals surface area contributed by atoms with Crippen LogP contribution in [0.15, 0.2) is 84.2 Å². The van der Waals surface area contributed by atoms with Crippen molar-refractivity contribution in [2.45, 2.75) is 166 Å². The SMILES string of the molecule is CCC(C)CC(CC(=C1C=CC(OCCCC(F)(F)C(F)(F)C(F)(F)C(F)(F)C(F)(F)C(F)(F)C(F)(F)C(F)(F)F)=CC1)c1ccc(OCCCC(F)(F)C(F)(F)C(F)(F)C(F)(F)C(F)(F)C(F)(F)C(F)(F)C(F)(F)F)cc1)c1ccccc1. The van der Waals surface area contributed by atoms with E-state index in [4.69, 9.17) is 9.47 Å². The van der Waals surface area contributed by atoms with E-state index in [0.29, 0.717) is 24.0 Å². The molecule has 36 heteroatoms. The zero-order valence-corrected chi connectivity index (χ0v) is 41.8. The Morgan fingerprint density at radius 1 is 0.429 bits per heavy atom. The third kappa shape index (κ3) is 12.7. The predicted octanol–water partition coefficient (Wildman–Crippen LogP) is 19.9. The largest absolute Gasteiger partial charge is 0.494 e. The Morgan fingerprint density at radius 3 is 1.13 bits per heavy atom. The van der Waals surface area contributed by atoms with Crippen LogP contribution in [0.2, 0.25) is 0 Å². The summed E-state index contributed by atoms with van der Waals surface area (Å²) in [5, 5.41) is 0. The first-order valence-corrected chi connectivity index (χ1v) is 23.4. The van der Waals surface area contributed by atoms with Gasteiger partial charge in [-0.25, -0.2) is 0 Å². The van der Waals surface area contributed by atoms with Crippen LogP contribution in [0, 0.1) is 5.92 Å². The highest BCUT2D eigenvalue weighted by atomic mass is 19.4. The monoisotopic (exact) mass is 1290 g/mol. The summed E-state index contributed by atoms with van der Waals surface area (Å²) in [5.74, 6) is -116. The van der Waals surface area contributed by atoms with E-state index in [1.807, 2.05) is 13.8 Å². The van der Waals surface area contributed by atoms with Crippen LogP contribution in [0.1, 0.15) is 82.3 Å². The lowest BCUT2D eigenvalue weighted by Crippen LogP contribution is -2.74. The summed E-state index contributed by atoms with van der Waals surface area (Å²) < 4.78 is 475. The molecule has 2 unspecified atom stereocenters. The van der Waals surface area contributed by atoms with E-state index < -0.39 is 140 Å². The van der Waals surface area contributed by atoms with Crippen molar-refractivity contribution in [1.29, 1.82) is 0 Å². The molecule has 482 valence electrons. The highest BCUT2D eigenvalue weighted by Crippen LogP contribution is 2.66. The van der Waals surface area contributed by atoms with Crippen molar-refractivity contribution in [2.75, 3.05) is 13.2 Å². The molecule has 1 aliphatic carbocycles. The first-order chi connectivity index (χ1) is 37.4. The molecule has 0 N–H and O–H groups in total. The van der Waals surface area contributed by atoms with Crippen LogP contribution >= 0.6 is 0 Å². The van der Waals surface area contributed by atoms with E-state index in [9.17, 15) is 149 Å². The Balaban J connectivity index is 1.87. The molecule has 0 amide bonds. The zero-order valence-electron chi connectivity index (χ0n) is 41.8. The summed E-state index contributed by atoms with van der Waals surface area (Å²) in [5.41, 5.74) is 1.73. The molecule has 0 bridgehead atoms. The smallest absolute Gasteiger partial charge is 0.460 e. The van der Waals surface area contributed by atoms with Crippen molar-refractivity contribution in [2.24, 2.45) is 5.92 Å². The van der Waals surface area contributed by atoms with Crippen LogP contribution in [0.5, 0.6) is 5.75 Å². The molecule has 0 heterocycles. The number of benzene rings is 2. The van der Waals surface area contributed by atoms with Gasteiger partial charge in [0.15, 0.2) is 0 Å². The molecule has 2 aromatic carbocycles. The fraction of sp³-hybridized carbons (Fsp3) is 0.625. The lowest BCUT2D eigenvalue weighted by Gasteiger charge is -2.42. The Kier molecular flexibility index (Phi) is 20.8. The van der Waals surface area contributed by atoms with Crippen molar-refractivity contribution in [3.05, 3.63) is 95.3 Å². The maximum Gasteiger partial charge on any atom is 0.460 e. The molecule has 84 heavy (non-hydrogen) atoms. The topological polar surface area (TPSA) is 18.5 Å². The molecule has 2 aromatic rings. The van der Waals surface area contributed by atoms with E-state index in [1.54, 1.807) is 30.3 Å². The second-order valence-corrected chi connectivity index (χ2v) is 18.9. The maximum absolute atomic E-state index is 14.5. The van der Waals surface area contributed by atoms with Crippen LogP contribution in [-0.4, -0.2) is 108 Å². The first-order valence-electron chi connectivity index (χ1n) is 23.4. The summed E-state index contributed by atoms with van der Waals surface area (Å²) in [6, 6.07) is 13.0. The first kappa shape index (κ1) is 73.1. The van der Waals surface area contributed by atoms with Crippen molar-refractivity contribution in [3.8, 4) is 5.75 Å². The van der Waals surface area contributed by atoms with Gasteiger partial charge in [0, 0.05) is 12.8 Å². The van der Waals surface area contributed by atoms with Gasteiger partial charge >= 0.3 is 95.3 Å². The molecule has 0 aromatic heterocycles. The summed E-state index contributed by atoms with van der Waals surface area (Å²) in [6.07, 6.45) is -20.2. The molecule has 0 radical (unpaired) electrons. The molecule has 0 saturated carbocycles. The number of halogens is 34. The van der Waals surface area contributed by atoms with Crippen molar-refractivity contribution in [1.82, 2.24) is 0 Å². The summed E-state index contributed by atoms with van der Waals surface area (Å²) in [4.78, 5) is 0. The summed E-state index contributed by atoms with van der Waals surface area (Å²) in [7, 11) is 0.